The number of benzene rings is 2. The maximum atomic E-state index is 12.5. The summed E-state index contributed by atoms with van der Waals surface area (Å²) in [5, 5.41) is 8.54. The largest absolute Gasteiger partial charge is 0.378 e. The van der Waals surface area contributed by atoms with Crippen LogP contribution in [-0.4, -0.2) is 35.9 Å². The Hall–Kier alpha value is -3.94. The number of amides is 2. The van der Waals surface area contributed by atoms with Gasteiger partial charge in [-0.25, -0.2) is 9.97 Å². The molecule has 0 atom stereocenters. The van der Waals surface area contributed by atoms with Crippen LogP contribution in [0.2, 0.25) is 0 Å². The maximum absolute atomic E-state index is 12.5. The summed E-state index contributed by atoms with van der Waals surface area (Å²) in [6.45, 7) is 1.43. The maximum Gasteiger partial charge on any atom is 0.274 e. The molecule has 0 fully saturated rings. The standard InChI is InChI=1S/C21H22N6O2/c1-14(28)23-16-5-4-6-17(13-16)24-20(29)19-11-12-22-21(26-19)25-15-7-9-18(10-8-15)27(2)3/h4-13H,1-3H3,(H,23,28)(H,24,29)(H,22,25,26). The molecule has 148 valence electrons. The summed E-state index contributed by atoms with van der Waals surface area (Å²) in [5.74, 6) is -0.237. The fourth-order valence-corrected chi connectivity index (χ4v) is 2.59. The van der Waals surface area contributed by atoms with Gasteiger partial charge < -0.3 is 20.9 Å². The van der Waals surface area contributed by atoms with Crippen molar-refractivity contribution in [3.05, 3.63) is 66.5 Å². The van der Waals surface area contributed by atoms with Gasteiger partial charge in [0, 0.05) is 50.0 Å². The molecule has 0 spiro atoms. The smallest absolute Gasteiger partial charge is 0.274 e. The molecule has 0 saturated heterocycles. The summed E-state index contributed by atoms with van der Waals surface area (Å²) in [6, 6.07) is 16.2. The molecule has 1 aromatic heterocycles. The zero-order chi connectivity index (χ0) is 20.8. The van der Waals surface area contributed by atoms with E-state index in [1.54, 1.807) is 24.3 Å². The third-order valence-electron chi connectivity index (χ3n) is 3.97. The van der Waals surface area contributed by atoms with Crippen LogP contribution < -0.4 is 20.9 Å². The zero-order valence-corrected chi connectivity index (χ0v) is 16.4. The fraction of sp³-hybridized carbons (Fsp3) is 0.143. The third-order valence-corrected chi connectivity index (χ3v) is 3.97. The van der Waals surface area contributed by atoms with E-state index < -0.39 is 0 Å². The van der Waals surface area contributed by atoms with Crippen molar-refractivity contribution < 1.29 is 9.59 Å². The Labute approximate surface area is 169 Å². The van der Waals surface area contributed by atoms with E-state index in [0.29, 0.717) is 17.3 Å². The van der Waals surface area contributed by atoms with Crippen LogP contribution in [-0.2, 0) is 4.79 Å². The van der Waals surface area contributed by atoms with E-state index in [-0.39, 0.29) is 17.5 Å². The van der Waals surface area contributed by atoms with Crippen molar-refractivity contribution >= 4 is 40.5 Å². The van der Waals surface area contributed by atoms with Gasteiger partial charge in [-0.15, -0.1) is 0 Å². The minimum absolute atomic E-state index is 0.182. The van der Waals surface area contributed by atoms with Gasteiger partial charge in [-0.1, -0.05) is 6.07 Å². The lowest BCUT2D eigenvalue weighted by Gasteiger charge is -2.13. The van der Waals surface area contributed by atoms with Crippen LogP contribution in [0, 0.1) is 0 Å². The van der Waals surface area contributed by atoms with Gasteiger partial charge in [0.2, 0.25) is 11.9 Å². The molecule has 8 heteroatoms. The molecule has 2 amide bonds. The molecule has 0 unspecified atom stereocenters. The first kappa shape index (κ1) is 19.8. The summed E-state index contributed by atoms with van der Waals surface area (Å²) in [4.78, 5) is 34.2. The van der Waals surface area contributed by atoms with Crippen molar-refractivity contribution in [3.8, 4) is 0 Å². The highest BCUT2D eigenvalue weighted by Gasteiger charge is 2.10. The van der Waals surface area contributed by atoms with Gasteiger partial charge in [0.1, 0.15) is 5.69 Å². The van der Waals surface area contributed by atoms with Crippen molar-refractivity contribution in [2.24, 2.45) is 0 Å². The van der Waals surface area contributed by atoms with E-state index in [2.05, 4.69) is 25.9 Å². The quantitative estimate of drug-likeness (QED) is 0.596. The van der Waals surface area contributed by atoms with Crippen molar-refractivity contribution in [3.63, 3.8) is 0 Å². The van der Waals surface area contributed by atoms with Gasteiger partial charge in [0.05, 0.1) is 0 Å². The molecule has 8 nitrogen and oxygen atoms in total. The average Bonchev–Trinajstić information content (AvgIpc) is 2.68. The second-order valence-corrected chi connectivity index (χ2v) is 6.55. The molecule has 1 heterocycles. The molecule has 0 saturated carbocycles. The number of nitrogens with zero attached hydrogens (tertiary/aromatic N) is 3. The van der Waals surface area contributed by atoms with Gasteiger partial charge in [0.25, 0.3) is 5.91 Å². The predicted octanol–water partition coefficient (Wildman–Crippen LogP) is 3.50. The highest BCUT2D eigenvalue weighted by atomic mass is 16.2. The Bertz CT molecular complexity index is 1020. The molecule has 0 aliphatic carbocycles. The van der Waals surface area contributed by atoms with Gasteiger partial charge in [0.15, 0.2) is 0 Å². The highest BCUT2D eigenvalue weighted by Crippen LogP contribution is 2.19. The van der Waals surface area contributed by atoms with Crippen LogP contribution in [0.25, 0.3) is 0 Å². The van der Waals surface area contributed by atoms with E-state index in [9.17, 15) is 9.59 Å². The van der Waals surface area contributed by atoms with Crippen molar-refractivity contribution in [1.29, 1.82) is 0 Å². The number of aromatic nitrogens is 2. The lowest BCUT2D eigenvalue weighted by molar-refractivity contribution is -0.114. The highest BCUT2D eigenvalue weighted by molar-refractivity contribution is 6.03. The third kappa shape index (κ3) is 5.52. The Balaban J connectivity index is 1.70. The number of nitrogens with one attached hydrogen (secondary N) is 3. The van der Waals surface area contributed by atoms with Crippen LogP contribution >= 0.6 is 0 Å². The van der Waals surface area contributed by atoms with Crippen LogP contribution in [0.5, 0.6) is 0 Å². The Kier molecular flexibility index (Phi) is 6.03. The minimum atomic E-state index is -0.376. The molecule has 0 bridgehead atoms. The first-order valence-corrected chi connectivity index (χ1v) is 8.97. The molecule has 0 aliphatic heterocycles. The molecule has 0 radical (unpaired) electrons. The first-order chi connectivity index (χ1) is 13.9. The SMILES string of the molecule is CC(=O)Nc1cccc(NC(=O)c2ccnc(Nc3ccc(N(C)C)cc3)n2)c1. The number of carbonyl (C=O) groups excluding carboxylic acids is 2. The average molecular weight is 390 g/mol. The van der Waals surface area contributed by atoms with E-state index in [4.69, 9.17) is 0 Å². The second kappa shape index (κ2) is 8.83. The lowest BCUT2D eigenvalue weighted by Crippen LogP contribution is -2.15. The molecule has 0 aliphatic rings. The van der Waals surface area contributed by atoms with E-state index in [1.165, 1.54) is 19.2 Å². The molecule has 3 N–H and O–H groups in total. The van der Waals surface area contributed by atoms with Gasteiger partial charge in [-0.2, -0.15) is 0 Å². The van der Waals surface area contributed by atoms with Crippen molar-refractivity contribution in [2.45, 2.75) is 6.92 Å². The summed E-state index contributed by atoms with van der Waals surface area (Å²) < 4.78 is 0. The molecule has 3 aromatic rings. The molecule has 2 aromatic carbocycles. The topological polar surface area (TPSA) is 99.2 Å². The number of anilines is 5. The van der Waals surface area contributed by atoms with E-state index >= 15 is 0 Å². The summed E-state index contributed by atoms with van der Waals surface area (Å²) in [7, 11) is 3.94. The minimum Gasteiger partial charge on any atom is -0.378 e. The Morgan fingerprint density at radius 3 is 2.24 bits per heavy atom. The number of hydrogen-bond acceptors (Lipinski definition) is 6. The fourth-order valence-electron chi connectivity index (χ4n) is 2.59. The van der Waals surface area contributed by atoms with Crippen molar-refractivity contribution in [1.82, 2.24) is 9.97 Å². The van der Waals surface area contributed by atoms with E-state index in [1.807, 2.05) is 43.3 Å². The number of hydrogen-bond donors (Lipinski definition) is 3. The summed E-state index contributed by atoms with van der Waals surface area (Å²) in [5.41, 5.74) is 3.26. The van der Waals surface area contributed by atoms with Gasteiger partial charge in [-0.3, -0.25) is 9.59 Å². The second-order valence-electron chi connectivity index (χ2n) is 6.55. The van der Waals surface area contributed by atoms with Gasteiger partial charge in [-0.05, 0) is 48.5 Å². The van der Waals surface area contributed by atoms with E-state index in [0.717, 1.165) is 11.4 Å². The zero-order valence-electron chi connectivity index (χ0n) is 16.4. The Morgan fingerprint density at radius 2 is 1.59 bits per heavy atom. The predicted molar refractivity (Wildman–Crippen MR) is 115 cm³/mol. The van der Waals surface area contributed by atoms with Crippen molar-refractivity contribution in [2.75, 3.05) is 34.9 Å². The first-order valence-electron chi connectivity index (χ1n) is 8.97. The number of rotatable bonds is 6. The van der Waals surface area contributed by atoms with Crippen LogP contribution in [0.4, 0.5) is 28.7 Å². The summed E-state index contributed by atoms with van der Waals surface area (Å²) in [6.07, 6.45) is 1.52. The van der Waals surface area contributed by atoms with Gasteiger partial charge >= 0.3 is 0 Å². The Morgan fingerprint density at radius 1 is 0.897 bits per heavy atom. The van der Waals surface area contributed by atoms with Crippen LogP contribution in [0.1, 0.15) is 17.4 Å². The van der Waals surface area contributed by atoms with Crippen LogP contribution in [0.15, 0.2) is 60.8 Å². The summed E-state index contributed by atoms with van der Waals surface area (Å²) >= 11 is 0. The normalized spacial score (nSPS) is 10.2. The van der Waals surface area contributed by atoms with Crippen LogP contribution in [0.3, 0.4) is 0 Å². The molecule has 29 heavy (non-hydrogen) atoms. The molecular weight excluding hydrogens is 368 g/mol. The lowest BCUT2D eigenvalue weighted by atomic mass is 10.2. The molecule has 3 rings (SSSR count). The monoisotopic (exact) mass is 390 g/mol. The molecular formula is C21H22N6O2. The number of carbonyl (C=O) groups is 2.